The van der Waals surface area contributed by atoms with Gasteiger partial charge in [-0.2, -0.15) is 0 Å². The summed E-state index contributed by atoms with van der Waals surface area (Å²) in [5, 5.41) is 17.8. The Hall–Kier alpha value is -2.89. The Morgan fingerprint density at radius 2 is 1.86 bits per heavy atom. The summed E-state index contributed by atoms with van der Waals surface area (Å²) < 4.78 is 0. The molecule has 0 aliphatic heterocycles. The first-order valence-electron chi connectivity index (χ1n) is 6.30. The molecule has 0 amide bonds. The fourth-order valence-electron chi connectivity index (χ4n) is 1.92. The minimum Gasteiger partial charge on any atom is -0.399 e. The number of oxime groups is 1. The second kappa shape index (κ2) is 6.51. The summed E-state index contributed by atoms with van der Waals surface area (Å²) in [4.78, 5) is 15.0. The number of nitrogens with zero attached hydrogens (tertiary/aromatic N) is 2. The Balaban J connectivity index is 2.27. The van der Waals surface area contributed by atoms with Crippen LogP contribution in [0.2, 0.25) is 0 Å². The molecule has 0 fully saturated rings. The molecule has 108 valence electrons. The van der Waals surface area contributed by atoms with E-state index in [1.54, 1.807) is 12.1 Å². The summed E-state index contributed by atoms with van der Waals surface area (Å²) in [6, 6.07) is 13.9. The Morgan fingerprint density at radius 3 is 2.48 bits per heavy atom. The molecule has 2 aromatic carbocycles. The number of hydrogen-bond donors (Lipinski definition) is 1. The number of nitro groups is 1. The van der Waals surface area contributed by atoms with Crippen LogP contribution in [0.3, 0.4) is 0 Å². The number of non-ortho nitro benzene ring substituents is 1. The second-order valence-corrected chi connectivity index (χ2v) is 4.33. The van der Waals surface area contributed by atoms with Gasteiger partial charge in [-0.1, -0.05) is 23.4 Å². The van der Waals surface area contributed by atoms with E-state index in [9.17, 15) is 10.1 Å². The van der Waals surface area contributed by atoms with E-state index in [0.717, 1.165) is 22.6 Å². The molecule has 2 aromatic rings. The summed E-state index contributed by atoms with van der Waals surface area (Å²) in [7, 11) is 1.50. The van der Waals surface area contributed by atoms with Crippen molar-refractivity contribution in [1.29, 1.82) is 0 Å². The topological polar surface area (TPSA) is 76.8 Å². The van der Waals surface area contributed by atoms with Crippen LogP contribution >= 0.6 is 0 Å². The minimum atomic E-state index is -0.423. The van der Waals surface area contributed by atoms with Gasteiger partial charge in [-0.3, -0.25) is 10.1 Å². The minimum absolute atomic E-state index is 0.0611. The van der Waals surface area contributed by atoms with E-state index >= 15 is 0 Å². The summed E-state index contributed by atoms with van der Waals surface area (Å²) in [5.41, 5.74) is 3.31. The zero-order valence-corrected chi connectivity index (χ0v) is 11.7. The molecule has 0 aromatic heterocycles. The SMILES string of the molecule is CO/N=C(/C)c1ccccc1Nc1ccc([N+](=O)[O-])cc1. The predicted octanol–water partition coefficient (Wildman–Crippen LogP) is 3.71. The number of hydrogen-bond acceptors (Lipinski definition) is 5. The van der Waals surface area contributed by atoms with Gasteiger partial charge in [0.25, 0.3) is 5.69 Å². The number of benzene rings is 2. The highest BCUT2D eigenvalue weighted by Gasteiger charge is 2.07. The highest BCUT2D eigenvalue weighted by Crippen LogP contribution is 2.23. The van der Waals surface area contributed by atoms with Crippen LogP contribution in [0.25, 0.3) is 0 Å². The van der Waals surface area contributed by atoms with Gasteiger partial charge in [-0.15, -0.1) is 0 Å². The summed E-state index contributed by atoms with van der Waals surface area (Å²) in [6.07, 6.45) is 0. The van der Waals surface area contributed by atoms with Gasteiger partial charge in [-0.25, -0.2) is 0 Å². The highest BCUT2D eigenvalue weighted by molar-refractivity contribution is 6.03. The molecule has 0 spiro atoms. The molecule has 6 nitrogen and oxygen atoms in total. The smallest absolute Gasteiger partial charge is 0.269 e. The van der Waals surface area contributed by atoms with E-state index in [-0.39, 0.29) is 5.69 Å². The number of rotatable bonds is 5. The van der Waals surface area contributed by atoms with Crippen molar-refractivity contribution in [1.82, 2.24) is 0 Å². The maximum absolute atomic E-state index is 10.6. The molecule has 2 rings (SSSR count). The third kappa shape index (κ3) is 3.56. The van der Waals surface area contributed by atoms with Gasteiger partial charge in [0.2, 0.25) is 0 Å². The fraction of sp³-hybridized carbons (Fsp3) is 0.133. The van der Waals surface area contributed by atoms with Gasteiger partial charge in [-0.05, 0) is 25.1 Å². The zero-order valence-electron chi connectivity index (χ0n) is 11.7. The molecule has 0 unspecified atom stereocenters. The van der Waals surface area contributed by atoms with E-state index in [2.05, 4.69) is 10.5 Å². The Morgan fingerprint density at radius 1 is 1.19 bits per heavy atom. The highest BCUT2D eigenvalue weighted by atomic mass is 16.6. The predicted molar refractivity (Wildman–Crippen MR) is 82.0 cm³/mol. The third-order valence-corrected chi connectivity index (χ3v) is 2.90. The van der Waals surface area contributed by atoms with Crippen LogP contribution in [0.5, 0.6) is 0 Å². The third-order valence-electron chi connectivity index (χ3n) is 2.90. The first-order valence-corrected chi connectivity index (χ1v) is 6.30. The van der Waals surface area contributed by atoms with E-state index in [1.807, 2.05) is 31.2 Å². The maximum Gasteiger partial charge on any atom is 0.269 e. The van der Waals surface area contributed by atoms with Crippen LogP contribution in [0, 0.1) is 10.1 Å². The molecule has 1 N–H and O–H groups in total. The Labute approximate surface area is 122 Å². The normalized spacial score (nSPS) is 11.0. The monoisotopic (exact) mass is 285 g/mol. The molecule has 0 atom stereocenters. The average molecular weight is 285 g/mol. The molecule has 6 heteroatoms. The Kier molecular flexibility index (Phi) is 4.50. The van der Waals surface area contributed by atoms with Crippen molar-refractivity contribution in [3.05, 3.63) is 64.2 Å². The van der Waals surface area contributed by atoms with Crippen LogP contribution in [-0.4, -0.2) is 17.7 Å². The molecule has 0 saturated carbocycles. The molecular formula is C15H15N3O3. The zero-order chi connectivity index (χ0) is 15.2. The number of nitrogens with one attached hydrogen (secondary N) is 1. The van der Waals surface area contributed by atoms with Crippen molar-refractivity contribution >= 4 is 22.8 Å². The van der Waals surface area contributed by atoms with Crippen LogP contribution in [0.15, 0.2) is 53.7 Å². The lowest BCUT2D eigenvalue weighted by molar-refractivity contribution is -0.384. The van der Waals surface area contributed by atoms with Crippen LogP contribution in [0.4, 0.5) is 17.1 Å². The second-order valence-electron chi connectivity index (χ2n) is 4.33. The lowest BCUT2D eigenvalue weighted by Crippen LogP contribution is -2.01. The lowest BCUT2D eigenvalue weighted by atomic mass is 10.1. The molecule has 0 aliphatic rings. The first kappa shape index (κ1) is 14.5. The average Bonchev–Trinajstić information content (AvgIpc) is 2.48. The molecule has 21 heavy (non-hydrogen) atoms. The summed E-state index contributed by atoms with van der Waals surface area (Å²) >= 11 is 0. The van der Waals surface area contributed by atoms with Crippen molar-refractivity contribution in [3.8, 4) is 0 Å². The van der Waals surface area contributed by atoms with Crippen LogP contribution in [0.1, 0.15) is 12.5 Å². The van der Waals surface area contributed by atoms with Crippen LogP contribution < -0.4 is 5.32 Å². The van der Waals surface area contributed by atoms with Gasteiger partial charge in [0.05, 0.1) is 10.6 Å². The molecule has 0 bridgehead atoms. The van der Waals surface area contributed by atoms with E-state index in [4.69, 9.17) is 4.84 Å². The van der Waals surface area contributed by atoms with Gasteiger partial charge in [0.1, 0.15) is 7.11 Å². The molecule has 0 radical (unpaired) electrons. The van der Waals surface area contributed by atoms with Crippen LogP contribution in [-0.2, 0) is 4.84 Å². The van der Waals surface area contributed by atoms with Crippen molar-refractivity contribution < 1.29 is 9.76 Å². The number of nitro benzene ring substituents is 1. The van der Waals surface area contributed by atoms with E-state index < -0.39 is 4.92 Å². The Bertz CT molecular complexity index is 666. The van der Waals surface area contributed by atoms with E-state index in [0.29, 0.717) is 0 Å². The van der Waals surface area contributed by atoms with Gasteiger partial charge < -0.3 is 10.2 Å². The fourth-order valence-corrected chi connectivity index (χ4v) is 1.92. The molecule has 0 aliphatic carbocycles. The quantitative estimate of drug-likeness (QED) is 0.516. The maximum atomic E-state index is 10.6. The molecule has 0 saturated heterocycles. The first-order chi connectivity index (χ1) is 10.1. The van der Waals surface area contributed by atoms with Gasteiger partial charge >= 0.3 is 0 Å². The number of anilines is 2. The number of para-hydroxylation sites is 1. The van der Waals surface area contributed by atoms with Gasteiger partial charge in [0, 0.05) is 29.1 Å². The van der Waals surface area contributed by atoms with E-state index in [1.165, 1.54) is 19.2 Å². The lowest BCUT2D eigenvalue weighted by Gasteiger charge is -2.11. The van der Waals surface area contributed by atoms with Crippen molar-refractivity contribution in [2.45, 2.75) is 6.92 Å². The largest absolute Gasteiger partial charge is 0.399 e. The van der Waals surface area contributed by atoms with Crippen molar-refractivity contribution in [3.63, 3.8) is 0 Å². The van der Waals surface area contributed by atoms with Gasteiger partial charge in [0.15, 0.2) is 0 Å². The molecular weight excluding hydrogens is 270 g/mol. The molecule has 0 heterocycles. The van der Waals surface area contributed by atoms with Crippen molar-refractivity contribution in [2.24, 2.45) is 5.16 Å². The standard InChI is InChI=1S/C15H15N3O3/c1-11(17-21-2)14-5-3-4-6-15(14)16-12-7-9-13(10-8-12)18(19)20/h3-10,16H,1-2H3/b17-11-. The van der Waals surface area contributed by atoms with Crippen molar-refractivity contribution in [2.75, 3.05) is 12.4 Å². The summed E-state index contributed by atoms with van der Waals surface area (Å²) in [6.45, 7) is 1.85. The summed E-state index contributed by atoms with van der Waals surface area (Å²) in [5.74, 6) is 0.